The highest BCUT2D eigenvalue weighted by molar-refractivity contribution is 7.27. The summed E-state index contributed by atoms with van der Waals surface area (Å²) < 4.78 is 14.9. The fourth-order valence-corrected chi connectivity index (χ4v) is 18.9. The van der Waals surface area contributed by atoms with Crippen LogP contribution in [-0.4, -0.2) is 56.0 Å². The van der Waals surface area contributed by atoms with Gasteiger partial charge in [0.2, 0.25) is 0 Å². The monoisotopic (exact) mass is 529 g/mol. The molecule has 34 heavy (non-hydrogen) atoms. The molecular weight excluding hydrogens is 491 g/mol. The zero-order valence-electron chi connectivity index (χ0n) is 22.0. The minimum absolute atomic E-state index is 0.222. The molecule has 1 aliphatic heterocycles. The summed E-state index contributed by atoms with van der Waals surface area (Å²) in [6.07, 6.45) is 2.55. The van der Waals surface area contributed by atoms with Crippen LogP contribution in [0.1, 0.15) is 39.2 Å². The number of thiophene rings is 1. The molecule has 1 aromatic carbocycles. The van der Waals surface area contributed by atoms with Crippen LogP contribution in [0.25, 0.3) is 5.57 Å². The van der Waals surface area contributed by atoms with Gasteiger partial charge in [0.05, 0.1) is 4.88 Å². The number of ketones is 1. The molecule has 1 aliphatic carbocycles. The van der Waals surface area contributed by atoms with Crippen molar-refractivity contribution in [3.8, 4) is 0 Å². The third-order valence-electron chi connectivity index (χ3n) is 6.29. The van der Waals surface area contributed by atoms with Crippen molar-refractivity contribution in [1.29, 1.82) is 0 Å². The molecule has 0 unspecified atom stereocenters. The molecule has 0 atom stereocenters. The Labute approximate surface area is 212 Å². The molecule has 2 heterocycles. The largest absolute Gasteiger partial charge is 0.433 e. The number of benzene rings is 1. The quantitative estimate of drug-likeness (QED) is 0.446. The summed E-state index contributed by atoms with van der Waals surface area (Å²) in [7, 11) is -4.22. The van der Waals surface area contributed by atoms with Crippen LogP contribution in [0.5, 0.6) is 0 Å². The summed E-state index contributed by atoms with van der Waals surface area (Å²) >= 11 is 1.65. The van der Waals surface area contributed by atoms with Gasteiger partial charge in [0.15, 0.2) is 22.4 Å². The zero-order valence-corrected chi connectivity index (χ0v) is 25.8. The summed E-state index contributed by atoms with van der Waals surface area (Å²) in [5.41, 5.74) is 6.28. The summed E-state index contributed by atoms with van der Waals surface area (Å²) in [5, 5.41) is 0. The first-order valence-corrected chi connectivity index (χ1v) is 22.3. The van der Waals surface area contributed by atoms with Crippen molar-refractivity contribution in [2.75, 3.05) is 20.1 Å². The molecule has 8 heteroatoms. The second-order valence-electron chi connectivity index (χ2n) is 11.8. The summed E-state index contributed by atoms with van der Waals surface area (Å²) in [5.74, 6) is 0.222. The Morgan fingerprint density at radius 1 is 0.882 bits per heavy atom. The molecule has 184 valence electrons. The van der Waals surface area contributed by atoms with E-state index in [9.17, 15) is 4.79 Å². The number of piperidine rings is 1. The first-order valence-electron chi connectivity index (χ1n) is 12.3. The number of hydrogen-bond donors (Lipinski definition) is 0. The summed E-state index contributed by atoms with van der Waals surface area (Å²) in [6, 6.07) is 10.8. The highest BCUT2D eigenvalue weighted by Crippen LogP contribution is 2.41. The number of carbonyl (C=O) groups is 1. The van der Waals surface area contributed by atoms with Gasteiger partial charge >= 0.3 is 8.56 Å². The lowest BCUT2D eigenvalue weighted by atomic mass is 9.88. The fraction of sp³-hybridized carbons (Fsp3) is 0.500. The molecule has 0 amide bonds. The van der Waals surface area contributed by atoms with Gasteiger partial charge in [-0.3, -0.25) is 4.79 Å². The van der Waals surface area contributed by atoms with E-state index in [4.69, 9.17) is 8.23 Å². The van der Waals surface area contributed by atoms with Crippen molar-refractivity contribution in [3.05, 3.63) is 57.5 Å². The number of nitrogens with zero attached hydrogens (tertiary/aromatic N) is 1. The highest BCUT2D eigenvalue weighted by Gasteiger charge is 2.45. The average molecular weight is 530 g/mol. The average Bonchev–Trinajstić information content (AvgIpc) is 3.10. The minimum atomic E-state index is -2.68. The molecule has 2 aromatic rings. The molecule has 0 N–H and O–H groups in total. The molecule has 0 bridgehead atoms. The number of hydrogen-bond acceptors (Lipinski definition) is 5. The summed E-state index contributed by atoms with van der Waals surface area (Å²) in [4.78, 5) is 16.9. The molecule has 0 saturated carbocycles. The van der Waals surface area contributed by atoms with Crippen molar-refractivity contribution in [1.82, 2.24) is 4.90 Å². The van der Waals surface area contributed by atoms with Crippen molar-refractivity contribution < 1.29 is 13.0 Å². The molecular formula is C26H39NO3SSi3. The molecule has 0 radical (unpaired) electrons. The molecule has 0 spiro atoms. The van der Waals surface area contributed by atoms with Crippen LogP contribution < -0.4 is 4.50 Å². The highest BCUT2D eigenvalue weighted by atomic mass is 32.1. The maximum atomic E-state index is 13.6. The Bertz CT molecular complexity index is 1100. The van der Waals surface area contributed by atoms with Gasteiger partial charge in [-0.15, -0.1) is 11.3 Å². The lowest BCUT2D eigenvalue weighted by molar-refractivity contribution is 0.0997. The van der Waals surface area contributed by atoms with E-state index in [1.165, 1.54) is 16.7 Å². The second-order valence-corrected chi connectivity index (χ2v) is 25.7. The van der Waals surface area contributed by atoms with E-state index in [2.05, 4.69) is 88.1 Å². The lowest BCUT2D eigenvalue weighted by Crippen LogP contribution is -2.59. The lowest BCUT2D eigenvalue weighted by Gasteiger charge is -2.37. The van der Waals surface area contributed by atoms with E-state index in [1.807, 2.05) is 0 Å². The van der Waals surface area contributed by atoms with Crippen LogP contribution in [0.2, 0.25) is 45.8 Å². The molecule has 2 aliphatic rings. The first kappa shape index (κ1) is 25.9. The number of fused-ring (bicyclic) bond motifs is 2. The van der Waals surface area contributed by atoms with E-state index >= 15 is 0 Å². The van der Waals surface area contributed by atoms with E-state index in [0.717, 1.165) is 46.4 Å². The maximum absolute atomic E-state index is 13.6. The van der Waals surface area contributed by atoms with E-state index in [0.29, 0.717) is 6.42 Å². The van der Waals surface area contributed by atoms with Gasteiger partial charge in [0.1, 0.15) is 0 Å². The van der Waals surface area contributed by atoms with Gasteiger partial charge in [-0.1, -0.05) is 29.8 Å². The Balaban J connectivity index is 1.92. The van der Waals surface area contributed by atoms with Crippen LogP contribution in [0.15, 0.2) is 35.9 Å². The SMILES string of the molecule is CN1CCC(=C2c3ccccc3CC(=O)c3sc([Si](C)(O[Si](C)(C)C)O[Si](C)(C)C)cc32)CC1. The number of Topliss-reactive ketones (excluding diaryl/α,β-unsaturated/α-hetero) is 1. The number of likely N-dealkylation sites (tertiary alicyclic amines) is 1. The third kappa shape index (κ3) is 5.64. The van der Waals surface area contributed by atoms with E-state index < -0.39 is 25.2 Å². The Morgan fingerprint density at radius 2 is 1.47 bits per heavy atom. The van der Waals surface area contributed by atoms with E-state index in [1.54, 1.807) is 11.3 Å². The molecule has 1 saturated heterocycles. The summed E-state index contributed by atoms with van der Waals surface area (Å²) in [6.45, 7) is 17.7. The topological polar surface area (TPSA) is 38.8 Å². The Morgan fingerprint density at radius 3 is 2.06 bits per heavy atom. The smallest absolute Gasteiger partial charge is 0.359 e. The van der Waals surface area contributed by atoms with Crippen LogP contribution in [0.3, 0.4) is 0 Å². The van der Waals surface area contributed by atoms with E-state index in [-0.39, 0.29) is 5.78 Å². The Kier molecular flexibility index (Phi) is 7.16. The van der Waals surface area contributed by atoms with Crippen molar-refractivity contribution in [2.45, 2.75) is 65.1 Å². The molecule has 1 aromatic heterocycles. The van der Waals surface area contributed by atoms with Gasteiger partial charge in [-0.2, -0.15) is 0 Å². The van der Waals surface area contributed by atoms with Crippen molar-refractivity contribution in [3.63, 3.8) is 0 Å². The van der Waals surface area contributed by atoms with Gasteiger partial charge in [-0.05, 0) is 88.5 Å². The predicted molar refractivity (Wildman–Crippen MR) is 152 cm³/mol. The Hall–Kier alpha value is -1.14. The molecule has 4 rings (SSSR count). The normalized spacial score (nSPS) is 18.1. The fourth-order valence-electron chi connectivity index (χ4n) is 5.13. The zero-order chi connectivity index (χ0) is 24.9. The van der Waals surface area contributed by atoms with Crippen LogP contribution in [0, 0.1) is 0 Å². The van der Waals surface area contributed by atoms with Crippen LogP contribution >= 0.6 is 11.3 Å². The van der Waals surface area contributed by atoms with Crippen molar-refractivity contribution >= 4 is 52.4 Å². The van der Waals surface area contributed by atoms with Gasteiger partial charge in [0, 0.05) is 29.6 Å². The minimum Gasteiger partial charge on any atom is -0.433 e. The van der Waals surface area contributed by atoms with Gasteiger partial charge in [-0.25, -0.2) is 0 Å². The van der Waals surface area contributed by atoms with Crippen LogP contribution in [-0.2, 0) is 14.7 Å². The third-order valence-corrected chi connectivity index (χ3v) is 17.7. The number of carbonyl (C=O) groups excluding carboxylic acids is 1. The number of rotatable bonds is 5. The first-order chi connectivity index (χ1) is 15.8. The van der Waals surface area contributed by atoms with Gasteiger partial charge in [0.25, 0.3) is 0 Å². The second kappa shape index (κ2) is 9.39. The van der Waals surface area contributed by atoms with Crippen molar-refractivity contribution in [2.24, 2.45) is 0 Å². The van der Waals surface area contributed by atoms with Crippen LogP contribution in [0.4, 0.5) is 0 Å². The predicted octanol–water partition coefficient (Wildman–Crippen LogP) is 6.00. The van der Waals surface area contributed by atoms with Gasteiger partial charge < -0.3 is 13.1 Å². The molecule has 4 nitrogen and oxygen atoms in total. The maximum Gasteiger partial charge on any atom is 0.359 e. The molecule has 1 fully saturated rings. The standard InChI is InChI=1S/C26H39NO3SSi3/c1-27-15-13-19(14-16-27)25-21-12-10-9-11-20(21)17-23(28)26-22(25)18-24(31-26)34(8,29-32(2,3)4)30-33(5,6)7/h9-12,18H,13-17H2,1-8H3.